The molecule has 1 heterocycles. The van der Waals surface area contributed by atoms with Gasteiger partial charge in [-0.2, -0.15) is 0 Å². The molecule has 2 N–H and O–H groups in total. The number of amides is 1. The largest absolute Gasteiger partial charge is 0.478 e. The van der Waals surface area contributed by atoms with E-state index in [9.17, 15) is 18.4 Å². The van der Waals surface area contributed by atoms with E-state index in [4.69, 9.17) is 5.11 Å². The second-order valence-corrected chi connectivity index (χ2v) is 4.96. The van der Waals surface area contributed by atoms with Crippen molar-refractivity contribution in [2.24, 2.45) is 0 Å². The summed E-state index contributed by atoms with van der Waals surface area (Å²) in [7, 11) is 0. The van der Waals surface area contributed by atoms with Gasteiger partial charge < -0.3 is 15.3 Å². The highest BCUT2D eigenvalue weighted by Crippen LogP contribution is 2.20. The van der Waals surface area contributed by atoms with Crippen molar-refractivity contribution < 1.29 is 23.5 Å². The summed E-state index contributed by atoms with van der Waals surface area (Å²) in [4.78, 5) is 24.9. The van der Waals surface area contributed by atoms with Crippen LogP contribution in [0.5, 0.6) is 0 Å². The van der Waals surface area contributed by atoms with Crippen molar-refractivity contribution in [1.82, 2.24) is 4.90 Å². The molecule has 7 heteroatoms. The van der Waals surface area contributed by atoms with E-state index in [1.54, 1.807) is 0 Å². The van der Waals surface area contributed by atoms with Gasteiger partial charge in [0.15, 0.2) is 11.6 Å². The van der Waals surface area contributed by atoms with Crippen molar-refractivity contribution in [3.05, 3.63) is 29.3 Å². The lowest BCUT2D eigenvalue weighted by Crippen LogP contribution is -2.25. The molecule has 114 valence electrons. The molecule has 0 saturated carbocycles. The Labute approximate surface area is 120 Å². The third-order valence-corrected chi connectivity index (χ3v) is 3.42. The molecule has 2 rings (SSSR count). The number of carbonyl (C=O) groups is 2. The zero-order valence-corrected chi connectivity index (χ0v) is 11.4. The van der Waals surface area contributed by atoms with Crippen LogP contribution in [-0.4, -0.2) is 41.5 Å². The molecule has 1 aliphatic heterocycles. The first-order valence-electron chi connectivity index (χ1n) is 6.72. The lowest BCUT2D eigenvalue weighted by atomic mass is 10.1. The molecule has 0 aliphatic carbocycles. The van der Waals surface area contributed by atoms with Crippen LogP contribution in [-0.2, 0) is 4.79 Å². The molecule has 0 radical (unpaired) electrons. The summed E-state index contributed by atoms with van der Waals surface area (Å²) in [5.41, 5.74) is -0.698. The number of nitrogens with one attached hydrogen (secondary N) is 1. The highest BCUT2D eigenvalue weighted by atomic mass is 19.2. The number of anilines is 1. The predicted octanol–water partition coefficient (Wildman–Crippen LogP) is 2.09. The Morgan fingerprint density at radius 3 is 2.43 bits per heavy atom. The number of likely N-dealkylation sites (tertiary alicyclic amines) is 1. The van der Waals surface area contributed by atoms with Crippen molar-refractivity contribution in [2.45, 2.75) is 19.3 Å². The topological polar surface area (TPSA) is 69.6 Å². The molecule has 1 aliphatic rings. The van der Waals surface area contributed by atoms with Gasteiger partial charge in [-0.25, -0.2) is 13.6 Å². The molecule has 21 heavy (non-hydrogen) atoms. The van der Waals surface area contributed by atoms with Gasteiger partial charge >= 0.3 is 5.97 Å². The Balaban J connectivity index is 2.02. The SMILES string of the molecule is O=C(CCN1CCCC1)Nc1cc(F)c(F)cc1C(=O)O. The number of halogens is 2. The van der Waals surface area contributed by atoms with E-state index in [-0.39, 0.29) is 12.1 Å². The van der Waals surface area contributed by atoms with Crippen molar-refractivity contribution in [1.29, 1.82) is 0 Å². The standard InChI is InChI=1S/C14H16F2N2O3/c15-10-7-9(14(20)21)12(8-11(10)16)17-13(19)3-6-18-4-1-2-5-18/h7-8H,1-6H2,(H,17,19)(H,20,21). The van der Waals surface area contributed by atoms with Gasteiger partial charge in [0.2, 0.25) is 5.91 Å². The quantitative estimate of drug-likeness (QED) is 0.873. The third kappa shape index (κ3) is 3.98. The van der Waals surface area contributed by atoms with Crippen LogP contribution in [0.4, 0.5) is 14.5 Å². The lowest BCUT2D eigenvalue weighted by Gasteiger charge is -2.14. The Morgan fingerprint density at radius 2 is 1.81 bits per heavy atom. The smallest absolute Gasteiger partial charge is 0.337 e. The normalized spacial score (nSPS) is 15.1. The van der Waals surface area contributed by atoms with Crippen LogP contribution in [0.1, 0.15) is 29.6 Å². The number of carbonyl (C=O) groups excluding carboxylic acids is 1. The predicted molar refractivity (Wildman–Crippen MR) is 72.2 cm³/mol. The molecule has 0 spiro atoms. The first kappa shape index (κ1) is 15.4. The van der Waals surface area contributed by atoms with E-state index in [0.717, 1.165) is 25.9 Å². The summed E-state index contributed by atoms with van der Waals surface area (Å²) < 4.78 is 26.2. The minimum absolute atomic E-state index is 0.179. The zero-order valence-electron chi connectivity index (χ0n) is 11.4. The van der Waals surface area contributed by atoms with E-state index < -0.39 is 29.1 Å². The van der Waals surface area contributed by atoms with Crippen molar-refractivity contribution in [3.63, 3.8) is 0 Å². The maximum absolute atomic E-state index is 13.2. The summed E-state index contributed by atoms with van der Waals surface area (Å²) in [5.74, 6) is -4.31. The van der Waals surface area contributed by atoms with Crippen LogP contribution in [0.2, 0.25) is 0 Å². The van der Waals surface area contributed by atoms with Gasteiger partial charge in [0.1, 0.15) is 0 Å². The molecule has 1 aromatic carbocycles. The fourth-order valence-electron chi connectivity index (χ4n) is 2.31. The van der Waals surface area contributed by atoms with Gasteiger partial charge in [0, 0.05) is 19.0 Å². The number of benzene rings is 1. The third-order valence-electron chi connectivity index (χ3n) is 3.42. The molecule has 1 saturated heterocycles. The molecule has 1 amide bonds. The monoisotopic (exact) mass is 298 g/mol. The van der Waals surface area contributed by atoms with Crippen LogP contribution in [0.3, 0.4) is 0 Å². The molecule has 1 aromatic rings. The van der Waals surface area contributed by atoms with E-state index in [0.29, 0.717) is 18.7 Å². The van der Waals surface area contributed by atoms with Gasteiger partial charge in [-0.1, -0.05) is 0 Å². The minimum Gasteiger partial charge on any atom is -0.478 e. The number of nitrogens with zero attached hydrogens (tertiary/aromatic N) is 1. The van der Waals surface area contributed by atoms with Crippen LogP contribution >= 0.6 is 0 Å². The molecule has 0 aromatic heterocycles. The lowest BCUT2D eigenvalue weighted by molar-refractivity contribution is -0.116. The molecule has 5 nitrogen and oxygen atoms in total. The summed E-state index contributed by atoms with van der Waals surface area (Å²) in [6.45, 7) is 2.45. The second kappa shape index (κ2) is 6.62. The van der Waals surface area contributed by atoms with Crippen molar-refractivity contribution >= 4 is 17.6 Å². The Kier molecular flexibility index (Phi) is 4.85. The average molecular weight is 298 g/mol. The number of hydrogen-bond acceptors (Lipinski definition) is 3. The first-order valence-corrected chi connectivity index (χ1v) is 6.72. The highest BCUT2D eigenvalue weighted by molar-refractivity contribution is 6.00. The van der Waals surface area contributed by atoms with Crippen LogP contribution in [0.25, 0.3) is 0 Å². The molecule has 0 atom stereocenters. The van der Waals surface area contributed by atoms with E-state index in [1.165, 1.54) is 0 Å². The van der Waals surface area contributed by atoms with Gasteiger partial charge in [-0.15, -0.1) is 0 Å². The molecule has 0 unspecified atom stereocenters. The Bertz CT molecular complexity index is 557. The van der Waals surface area contributed by atoms with E-state index >= 15 is 0 Å². The van der Waals surface area contributed by atoms with E-state index in [2.05, 4.69) is 10.2 Å². The van der Waals surface area contributed by atoms with E-state index in [1.807, 2.05) is 0 Å². The van der Waals surface area contributed by atoms with Crippen LogP contribution in [0.15, 0.2) is 12.1 Å². The molecular formula is C14H16F2N2O3. The van der Waals surface area contributed by atoms with Crippen LogP contribution < -0.4 is 5.32 Å². The fraction of sp³-hybridized carbons (Fsp3) is 0.429. The van der Waals surface area contributed by atoms with Crippen LogP contribution in [0, 0.1) is 11.6 Å². The summed E-state index contributed by atoms with van der Waals surface area (Å²) in [5, 5.41) is 11.3. The average Bonchev–Trinajstić information content (AvgIpc) is 2.93. The Hall–Kier alpha value is -2.02. The summed E-state index contributed by atoms with van der Waals surface area (Å²) in [6.07, 6.45) is 2.39. The van der Waals surface area contributed by atoms with Gasteiger partial charge in [0.05, 0.1) is 11.3 Å². The second-order valence-electron chi connectivity index (χ2n) is 4.96. The van der Waals surface area contributed by atoms with Gasteiger partial charge in [-0.05, 0) is 32.0 Å². The number of hydrogen-bond donors (Lipinski definition) is 2. The fourth-order valence-corrected chi connectivity index (χ4v) is 2.31. The minimum atomic E-state index is -1.43. The highest BCUT2D eigenvalue weighted by Gasteiger charge is 2.18. The first-order chi connectivity index (χ1) is 9.97. The van der Waals surface area contributed by atoms with Gasteiger partial charge in [-0.3, -0.25) is 4.79 Å². The summed E-state index contributed by atoms with van der Waals surface area (Å²) in [6, 6.07) is 1.25. The maximum atomic E-state index is 13.2. The molecule has 0 bridgehead atoms. The zero-order chi connectivity index (χ0) is 15.4. The molecule has 1 fully saturated rings. The number of carboxylic acid groups (broad SMARTS) is 1. The van der Waals surface area contributed by atoms with Gasteiger partial charge in [0.25, 0.3) is 0 Å². The number of aromatic carboxylic acids is 1. The van der Waals surface area contributed by atoms with Crippen molar-refractivity contribution in [3.8, 4) is 0 Å². The maximum Gasteiger partial charge on any atom is 0.337 e. The van der Waals surface area contributed by atoms with Crippen molar-refractivity contribution in [2.75, 3.05) is 25.0 Å². The number of rotatable bonds is 5. The summed E-state index contributed by atoms with van der Waals surface area (Å²) >= 11 is 0. The number of carboxylic acids is 1. The molecular weight excluding hydrogens is 282 g/mol. The Morgan fingerprint density at radius 1 is 1.19 bits per heavy atom.